The zero-order chi connectivity index (χ0) is 20.8. The first-order valence-corrected chi connectivity index (χ1v) is 11.5. The van der Waals surface area contributed by atoms with Crippen molar-refractivity contribution >= 4 is 5.91 Å². The van der Waals surface area contributed by atoms with E-state index >= 15 is 0 Å². The summed E-state index contributed by atoms with van der Waals surface area (Å²) in [6, 6.07) is 8.72. The van der Waals surface area contributed by atoms with Crippen molar-refractivity contribution in [2.75, 3.05) is 19.8 Å². The summed E-state index contributed by atoms with van der Waals surface area (Å²) in [5.41, 5.74) is 2.05. The fraction of sp³-hybridized carbons (Fsp3) is 0.640. The number of nitrogens with one attached hydrogen (secondary N) is 1. The fourth-order valence-corrected chi connectivity index (χ4v) is 6.01. The van der Waals surface area contributed by atoms with Gasteiger partial charge in [-0.15, -0.1) is 0 Å². The van der Waals surface area contributed by atoms with Crippen LogP contribution in [0.2, 0.25) is 0 Å². The number of benzene rings is 1. The van der Waals surface area contributed by atoms with Gasteiger partial charge in [-0.25, -0.2) is 4.39 Å². The van der Waals surface area contributed by atoms with Crippen LogP contribution in [0.1, 0.15) is 57.4 Å². The van der Waals surface area contributed by atoms with Crippen LogP contribution in [-0.4, -0.2) is 31.8 Å². The Morgan fingerprint density at radius 2 is 1.77 bits per heavy atom. The van der Waals surface area contributed by atoms with Gasteiger partial charge in [0.1, 0.15) is 12.4 Å². The molecule has 4 saturated carbocycles. The van der Waals surface area contributed by atoms with E-state index in [2.05, 4.69) is 17.4 Å². The average molecular weight is 414 g/mol. The molecule has 1 unspecified atom stereocenters. The van der Waals surface area contributed by atoms with Crippen LogP contribution in [0.5, 0.6) is 5.75 Å². The summed E-state index contributed by atoms with van der Waals surface area (Å²) in [6.07, 6.45) is 7.47. The molecule has 5 fully saturated rings. The largest absolute Gasteiger partial charge is 0.489 e. The Morgan fingerprint density at radius 1 is 1.13 bits per heavy atom. The van der Waals surface area contributed by atoms with Crippen LogP contribution in [0.3, 0.4) is 0 Å². The van der Waals surface area contributed by atoms with Crippen LogP contribution in [0.15, 0.2) is 36.2 Å². The molecule has 4 aliphatic carbocycles. The Balaban J connectivity index is 1.19. The van der Waals surface area contributed by atoms with Gasteiger partial charge in [0.05, 0.1) is 19.5 Å². The van der Waals surface area contributed by atoms with Crippen molar-refractivity contribution in [2.24, 2.45) is 17.3 Å². The maximum Gasteiger partial charge on any atom is 0.226 e. The van der Waals surface area contributed by atoms with Gasteiger partial charge in [-0.05, 0) is 73.6 Å². The van der Waals surface area contributed by atoms with Crippen LogP contribution < -0.4 is 10.1 Å². The number of carbonyl (C=O) groups is 1. The average Bonchev–Trinajstić information content (AvgIpc) is 3.21. The molecule has 0 radical (unpaired) electrons. The molecule has 1 heterocycles. The molecule has 5 heteroatoms. The predicted octanol–water partition coefficient (Wildman–Crippen LogP) is 4.68. The summed E-state index contributed by atoms with van der Waals surface area (Å²) in [5.74, 6) is 2.20. The van der Waals surface area contributed by atoms with Gasteiger partial charge in [0.2, 0.25) is 5.91 Å². The molecule has 1 aliphatic heterocycles. The van der Waals surface area contributed by atoms with Gasteiger partial charge in [-0.3, -0.25) is 4.79 Å². The highest BCUT2D eigenvalue weighted by molar-refractivity contribution is 5.84. The molecule has 2 bridgehead atoms. The maximum atomic E-state index is 13.1. The Labute approximate surface area is 178 Å². The Kier molecular flexibility index (Phi) is 5.12. The number of amides is 1. The monoisotopic (exact) mass is 413 g/mol. The number of ether oxygens (including phenoxy) is 2. The second-order valence-corrected chi connectivity index (χ2v) is 9.86. The summed E-state index contributed by atoms with van der Waals surface area (Å²) in [4.78, 5) is 13.1. The van der Waals surface area contributed by atoms with E-state index in [1.807, 2.05) is 19.1 Å². The Morgan fingerprint density at radius 3 is 2.33 bits per heavy atom. The molecule has 1 aromatic carbocycles. The Hall–Kier alpha value is -1.88. The fourth-order valence-electron chi connectivity index (χ4n) is 6.01. The second kappa shape index (κ2) is 7.67. The third kappa shape index (κ3) is 3.35. The first-order chi connectivity index (χ1) is 14.6. The standard InChI is InChI=1S/C25H32FNO3/c1-2-17(13-26)14-30-19-5-3-18(4-6-19)24-7-10-25(11-8-24,12-9-24)23(28)27-22-20-15-29-16-21(20)22/h3-6,13,20-22H,2,7-12,14-16H2,1H3,(H,27,28)/b17-13+/t20-,21+,22?,24?,25?. The van der Waals surface area contributed by atoms with E-state index in [4.69, 9.17) is 9.47 Å². The predicted molar refractivity (Wildman–Crippen MR) is 113 cm³/mol. The molecule has 3 atom stereocenters. The zero-order valence-electron chi connectivity index (χ0n) is 17.8. The van der Waals surface area contributed by atoms with E-state index < -0.39 is 0 Å². The Bertz CT molecular complexity index is 799. The van der Waals surface area contributed by atoms with Crippen molar-refractivity contribution in [3.63, 3.8) is 0 Å². The molecule has 4 nitrogen and oxygen atoms in total. The molecule has 162 valence electrons. The normalized spacial score (nSPS) is 37.0. The van der Waals surface area contributed by atoms with Gasteiger partial charge in [-0.2, -0.15) is 0 Å². The lowest BCUT2D eigenvalue weighted by atomic mass is 9.51. The van der Waals surface area contributed by atoms with Crippen molar-refractivity contribution in [2.45, 2.75) is 63.3 Å². The van der Waals surface area contributed by atoms with Crippen molar-refractivity contribution in [1.29, 1.82) is 0 Å². The molecule has 5 aliphatic rings. The number of fused-ring (bicyclic) bond motifs is 4. The lowest BCUT2D eigenvalue weighted by Gasteiger charge is -2.53. The first kappa shape index (κ1) is 20.0. The summed E-state index contributed by atoms with van der Waals surface area (Å²) >= 11 is 0. The molecule has 1 aromatic rings. The topological polar surface area (TPSA) is 47.6 Å². The van der Waals surface area contributed by atoms with E-state index in [1.54, 1.807) is 0 Å². The number of rotatable bonds is 7. The molecule has 1 amide bonds. The highest BCUT2D eigenvalue weighted by Crippen LogP contribution is 2.58. The van der Waals surface area contributed by atoms with Crippen molar-refractivity contribution in [3.05, 3.63) is 41.7 Å². The van der Waals surface area contributed by atoms with Crippen LogP contribution >= 0.6 is 0 Å². The minimum absolute atomic E-state index is 0.155. The SMILES string of the molecule is CC/C(=C\F)COc1ccc(C23CCC(C(=O)NC4[C@H]5COC[C@@H]45)(CC2)CC3)cc1. The van der Waals surface area contributed by atoms with Crippen LogP contribution in [-0.2, 0) is 14.9 Å². The van der Waals surface area contributed by atoms with Gasteiger partial charge >= 0.3 is 0 Å². The van der Waals surface area contributed by atoms with Gasteiger partial charge in [-0.1, -0.05) is 19.1 Å². The van der Waals surface area contributed by atoms with Gasteiger partial charge in [0.15, 0.2) is 0 Å². The lowest BCUT2D eigenvalue weighted by molar-refractivity contribution is -0.138. The zero-order valence-corrected chi connectivity index (χ0v) is 17.8. The molecule has 1 saturated heterocycles. The number of carbonyl (C=O) groups excluding carboxylic acids is 1. The first-order valence-electron chi connectivity index (χ1n) is 11.5. The quantitative estimate of drug-likeness (QED) is 0.706. The van der Waals surface area contributed by atoms with Crippen LogP contribution in [0.25, 0.3) is 0 Å². The summed E-state index contributed by atoms with van der Waals surface area (Å²) in [6.45, 7) is 3.85. The van der Waals surface area contributed by atoms with Gasteiger partial charge in [0.25, 0.3) is 0 Å². The molecular weight excluding hydrogens is 381 g/mol. The van der Waals surface area contributed by atoms with Gasteiger partial charge < -0.3 is 14.8 Å². The number of hydrogen-bond donors (Lipinski definition) is 1. The summed E-state index contributed by atoms with van der Waals surface area (Å²) in [7, 11) is 0. The lowest BCUT2D eigenvalue weighted by Crippen LogP contribution is -2.52. The molecule has 1 N–H and O–H groups in total. The van der Waals surface area contributed by atoms with Crippen molar-refractivity contribution in [3.8, 4) is 5.75 Å². The van der Waals surface area contributed by atoms with E-state index in [1.165, 1.54) is 5.56 Å². The smallest absolute Gasteiger partial charge is 0.226 e. The third-order valence-corrected chi connectivity index (χ3v) is 8.48. The summed E-state index contributed by atoms with van der Waals surface area (Å²) in [5, 5.41) is 3.37. The van der Waals surface area contributed by atoms with Gasteiger partial charge in [0, 0.05) is 23.3 Å². The van der Waals surface area contributed by atoms with Crippen molar-refractivity contribution < 1.29 is 18.7 Å². The number of halogens is 1. The van der Waals surface area contributed by atoms with E-state index in [9.17, 15) is 9.18 Å². The molecule has 6 rings (SSSR count). The molecule has 30 heavy (non-hydrogen) atoms. The molecule has 0 spiro atoms. The van der Waals surface area contributed by atoms with E-state index in [0.717, 1.165) is 57.5 Å². The minimum Gasteiger partial charge on any atom is -0.489 e. The van der Waals surface area contributed by atoms with Crippen LogP contribution in [0, 0.1) is 17.3 Å². The third-order valence-electron chi connectivity index (χ3n) is 8.48. The van der Waals surface area contributed by atoms with E-state index in [-0.39, 0.29) is 10.8 Å². The van der Waals surface area contributed by atoms with Crippen molar-refractivity contribution in [1.82, 2.24) is 5.32 Å². The minimum atomic E-state index is -0.155. The highest BCUT2D eigenvalue weighted by Gasteiger charge is 2.58. The summed E-state index contributed by atoms with van der Waals surface area (Å²) < 4.78 is 23.9. The van der Waals surface area contributed by atoms with E-state index in [0.29, 0.717) is 48.7 Å². The van der Waals surface area contributed by atoms with Crippen LogP contribution in [0.4, 0.5) is 4.39 Å². The number of hydrogen-bond acceptors (Lipinski definition) is 3. The second-order valence-electron chi connectivity index (χ2n) is 9.86. The maximum absolute atomic E-state index is 13.1. The highest BCUT2D eigenvalue weighted by atomic mass is 19.1. The molecular formula is C25H32FNO3. The molecule has 0 aromatic heterocycles.